The van der Waals surface area contributed by atoms with Crippen LogP contribution >= 0.6 is 11.6 Å². The lowest BCUT2D eigenvalue weighted by Gasteiger charge is -2.06. The van der Waals surface area contributed by atoms with Crippen LogP contribution in [0.5, 0.6) is 5.75 Å². The molecule has 1 aromatic heterocycles. The molecule has 7 heteroatoms. The van der Waals surface area contributed by atoms with Crippen molar-refractivity contribution >= 4 is 32.8 Å². The quantitative estimate of drug-likeness (QED) is 0.689. The van der Waals surface area contributed by atoms with Crippen molar-refractivity contribution in [1.29, 1.82) is 0 Å². The van der Waals surface area contributed by atoms with Crippen molar-refractivity contribution < 1.29 is 17.0 Å². The maximum absolute atomic E-state index is 12.2. The molecule has 0 unspecified atom stereocenters. The number of rotatable bonds is 3. The molecule has 0 saturated carbocycles. The molecule has 0 radical (unpaired) electrons. The number of halogens is 1. The van der Waals surface area contributed by atoms with Crippen LogP contribution in [0.2, 0.25) is 5.02 Å². The first-order valence-corrected chi connectivity index (χ1v) is 7.80. The van der Waals surface area contributed by atoms with Gasteiger partial charge in [-0.2, -0.15) is 8.42 Å². The van der Waals surface area contributed by atoms with Crippen molar-refractivity contribution in [1.82, 2.24) is 4.98 Å². The first-order valence-electron chi connectivity index (χ1n) is 6.01. The van der Waals surface area contributed by atoms with Crippen molar-refractivity contribution in [3.8, 4) is 5.75 Å². The molecule has 0 aliphatic rings. The van der Waals surface area contributed by atoms with Crippen molar-refractivity contribution in [3.05, 3.63) is 53.4 Å². The van der Waals surface area contributed by atoms with Crippen molar-refractivity contribution in [2.75, 3.05) is 0 Å². The van der Waals surface area contributed by atoms with E-state index in [1.807, 2.05) is 0 Å². The van der Waals surface area contributed by atoms with E-state index < -0.39 is 10.1 Å². The third kappa shape index (κ3) is 2.86. The minimum Gasteiger partial charge on any atom is -0.441 e. The van der Waals surface area contributed by atoms with E-state index in [1.54, 1.807) is 25.1 Å². The predicted octanol–water partition coefficient (Wildman–Crippen LogP) is 3.56. The van der Waals surface area contributed by atoms with E-state index >= 15 is 0 Å². The standard InChI is InChI=1S/C14H10ClNO4S/c1-9-16-13-8-11(5-6-14(13)19-9)20-21(17,18)12-4-2-3-10(15)7-12/h2-8H,1H3. The van der Waals surface area contributed by atoms with E-state index in [9.17, 15) is 8.42 Å². The Bertz CT molecular complexity index is 918. The zero-order valence-electron chi connectivity index (χ0n) is 10.9. The van der Waals surface area contributed by atoms with Gasteiger partial charge in [-0.05, 0) is 30.3 Å². The Balaban J connectivity index is 1.96. The van der Waals surface area contributed by atoms with E-state index in [0.717, 1.165) is 0 Å². The fourth-order valence-corrected chi connectivity index (χ4v) is 3.10. The highest BCUT2D eigenvalue weighted by Crippen LogP contribution is 2.25. The molecular formula is C14H10ClNO4S. The van der Waals surface area contributed by atoms with E-state index in [0.29, 0.717) is 22.0 Å². The predicted molar refractivity (Wildman–Crippen MR) is 78.0 cm³/mol. The van der Waals surface area contributed by atoms with Gasteiger partial charge < -0.3 is 8.60 Å². The molecule has 0 bridgehead atoms. The molecule has 0 atom stereocenters. The van der Waals surface area contributed by atoms with Crippen LogP contribution in [-0.2, 0) is 10.1 Å². The van der Waals surface area contributed by atoms with E-state index in [2.05, 4.69) is 4.98 Å². The first kappa shape index (κ1) is 13.9. The fourth-order valence-electron chi connectivity index (χ4n) is 1.87. The van der Waals surface area contributed by atoms with Gasteiger partial charge in [0.05, 0.1) is 0 Å². The van der Waals surface area contributed by atoms with E-state index in [4.69, 9.17) is 20.2 Å². The number of aryl methyl sites for hydroxylation is 1. The van der Waals surface area contributed by atoms with Crippen LogP contribution in [0, 0.1) is 6.92 Å². The molecule has 0 amide bonds. The fraction of sp³-hybridized carbons (Fsp3) is 0.0714. The summed E-state index contributed by atoms with van der Waals surface area (Å²) in [6.07, 6.45) is 0. The molecule has 21 heavy (non-hydrogen) atoms. The minimum atomic E-state index is -3.94. The third-order valence-electron chi connectivity index (χ3n) is 2.76. The maximum Gasteiger partial charge on any atom is 0.339 e. The Morgan fingerprint density at radius 2 is 2.00 bits per heavy atom. The second-order valence-electron chi connectivity index (χ2n) is 4.36. The van der Waals surface area contributed by atoms with Crippen LogP contribution in [0.15, 0.2) is 51.8 Å². The first-order chi connectivity index (χ1) is 9.94. The lowest BCUT2D eigenvalue weighted by Crippen LogP contribution is -2.09. The molecule has 0 spiro atoms. The van der Waals surface area contributed by atoms with Gasteiger partial charge in [0.2, 0.25) is 0 Å². The zero-order valence-corrected chi connectivity index (χ0v) is 12.5. The Morgan fingerprint density at radius 3 is 2.76 bits per heavy atom. The topological polar surface area (TPSA) is 69.4 Å². The molecule has 3 aromatic rings. The number of nitrogens with zero attached hydrogens (tertiary/aromatic N) is 1. The molecule has 0 aliphatic carbocycles. The van der Waals surface area contributed by atoms with Crippen LogP contribution in [0.3, 0.4) is 0 Å². The molecule has 0 saturated heterocycles. The molecule has 1 heterocycles. The number of hydrogen-bond acceptors (Lipinski definition) is 5. The van der Waals surface area contributed by atoms with Gasteiger partial charge in [-0.15, -0.1) is 0 Å². The van der Waals surface area contributed by atoms with Gasteiger partial charge >= 0.3 is 10.1 Å². The zero-order chi connectivity index (χ0) is 15.0. The maximum atomic E-state index is 12.2. The van der Waals surface area contributed by atoms with Crippen LogP contribution in [0.1, 0.15) is 5.89 Å². The highest BCUT2D eigenvalue weighted by Gasteiger charge is 2.17. The van der Waals surface area contributed by atoms with Crippen molar-refractivity contribution in [2.24, 2.45) is 0 Å². The van der Waals surface area contributed by atoms with Gasteiger partial charge in [-0.25, -0.2) is 4.98 Å². The monoisotopic (exact) mass is 323 g/mol. The largest absolute Gasteiger partial charge is 0.441 e. The number of hydrogen-bond donors (Lipinski definition) is 0. The van der Waals surface area contributed by atoms with Gasteiger partial charge in [0.1, 0.15) is 16.2 Å². The SMILES string of the molecule is Cc1nc2cc(OS(=O)(=O)c3cccc(Cl)c3)ccc2o1. The summed E-state index contributed by atoms with van der Waals surface area (Å²) in [5, 5.41) is 0.322. The Kier molecular flexibility index (Phi) is 3.35. The van der Waals surface area contributed by atoms with Gasteiger partial charge in [-0.3, -0.25) is 0 Å². The second kappa shape index (κ2) is 5.05. The minimum absolute atomic E-state index is 0.00793. The van der Waals surface area contributed by atoms with E-state index in [1.165, 1.54) is 24.3 Å². The summed E-state index contributed by atoms with van der Waals surface area (Å²) in [5.74, 6) is 0.663. The molecule has 0 N–H and O–H groups in total. The summed E-state index contributed by atoms with van der Waals surface area (Å²) in [6.45, 7) is 1.71. The summed E-state index contributed by atoms with van der Waals surface area (Å²) in [6, 6.07) is 10.5. The summed E-state index contributed by atoms with van der Waals surface area (Å²) in [4.78, 5) is 4.12. The average Bonchev–Trinajstić information content (AvgIpc) is 2.77. The molecule has 108 valence electrons. The van der Waals surface area contributed by atoms with Gasteiger partial charge in [0.25, 0.3) is 0 Å². The second-order valence-corrected chi connectivity index (χ2v) is 6.34. The van der Waals surface area contributed by atoms with Crippen LogP contribution in [0.25, 0.3) is 11.1 Å². The van der Waals surface area contributed by atoms with Crippen molar-refractivity contribution in [2.45, 2.75) is 11.8 Å². The van der Waals surface area contributed by atoms with Crippen LogP contribution in [0.4, 0.5) is 0 Å². The van der Waals surface area contributed by atoms with Gasteiger partial charge in [-0.1, -0.05) is 17.7 Å². The summed E-state index contributed by atoms with van der Waals surface area (Å²) in [5.41, 5.74) is 1.10. The normalized spacial score (nSPS) is 11.7. The number of fused-ring (bicyclic) bond motifs is 1. The highest BCUT2D eigenvalue weighted by atomic mass is 35.5. The van der Waals surface area contributed by atoms with E-state index in [-0.39, 0.29) is 10.6 Å². The number of oxazole rings is 1. The average molecular weight is 324 g/mol. The molecule has 3 rings (SSSR count). The third-order valence-corrected chi connectivity index (χ3v) is 4.23. The molecule has 5 nitrogen and oxygen atoms in total. The smallest absolute Gasteiger partial charge is 0.339 e. The molecule has 0 fully saturated rings. The lowest BCUT2D eigenvalue weighted by molar-refractivity contribution is 0.486. The number of aromatic nitrogens is 1. The van der Waals surface area contributed by atoms with Crippen LogP contribution in [-0.4, -0.2) is 13.4 Å². The Labute approximate surface area is 126 Å². The molecule has 0 aliphatic heterocycles. The lowest BCUT2D eigenvalue weighted by atomic mass is 10.3. The summed E-state index contributed by atoms with van der Waals surface area (Å²) in [7, 11) is -3.94. The summed E-state index contributed by atoms with van der Waals surface area (Å²) >= 11 is 5.79. The summed E-state index contributed by atoms with van der Waals surface area (Å²) < 4.78 is 34.8. The highest BCUT2D eigenvalue weighted by molar-refractivity contribution is 7.87. The number of benzene rings is 2. The van der Waals surface area contributed by atoms with Gasteiger partial charge in [0.15, 0.2) is 11.5 Å². The van der Waals surface area contributed by atoms with Crippen molar-refractivity contribution in [3.63, 3.8) is 0 Å². The Morgan fingerprint density at radius 1 is 1.19 bits per heavy atom. The molecule has 2 aromatic carbocycles. The van der Waals surface area contributed by atoms with Crippen LogP contribution < -0.4 is 4.18 Å². The van der Waals surface area contributed by atoms with Gasteiger partial charge in [0, 0.05) is 18.0 Å². The Hall–Kier alpha value is -2.05. The molecular weight excluding hydrogens is 314 g/mol.